The van der Waals surface area contributed by atoms with Crippen molar-refractivity contribution in [1.82, 2.24) is 10.3 Å². The molecule has 0 radical (unpaired) electrons. The summed E-state index contributed by atoms with van der Waals surface area (Å²) >= 11 is 4.65. The Hall–Kier alpha value is -1.38. The summed E-state index contributed by atoms with van der Waals surface area (Å²) in [6, 6.07) is 4.02. The predicted molar refractivity (Wildman–Crippen MR) is 86.6 cm³/mol. The summed E-state index contributed by atoms with van der Waals surface area (Å²) < 4.78 is 1.52. The largest absolute Gasteiger partial charge is 0.406 e. The fraction of sp³-hybridized carbons (Fsp3) is 0.250. The molecule has 106 valence electrons. The van der Waals surface area contributed by atoms with Crippen LogP contribution in [-0.2, 0) is 11.3 Å². The van der Waals surface area contributed by atoms with E-state index in [0.29, 0.717) is 6.54 Å². The lowest BCUT2D eigenvalue weighted by molar-refractivity contribution is -0.444. The average Bonchev–Trinajstić information content (AvgIpc) is 3.05. The number of hydrazine groups is 1. The molecule has 0 aliphatic rings. The van der Waals surface area contributed by atoms with Crippen LogP contribution in [0.25, 0.3) is 10.6 Å². The van der Waals surface area contributed by atoms with Gasteiger partial charge in [-0.2, -0.15) is 0 Å². The molecule has 5 nitrogen and oxygen atoms in total. The zero-order valence-corrected chi connectivity index (χ0v) is 13.6. The van der Waals surface area contributed by atoms with Gasteiger partial charge in [-0.3, -0.25) is 10.6 Å². The average molecular weight is 327 g/mol. The molecule has 2 aromatic rings. The topological polar surface area (TPSA) is 71.0 Å². The molecular weight excluding hydrogens is 312 g/mol. The number of nitrogens with two attached hydrogens (primary N) is 1. The third-order valence-electron chi connectivity index (χ3n) is 2.36. The van der Waals surface area contributed by atoms with Gasteiger partial charge in [0.15, 0.2) is 5.55 Å². The summed E-state index contributed by atoms with van der Waals surface area (Å²) in [6.07, 6.45) is 1.95. The molecule has 20 heavy (non-hydrogen) atoms. The Kier molecular flexibility index (Phi) is 5.16. The molecule has 2 rings (SSSR count). The maximum Gasteiger partial charge on any atom is 0.406 e. The van der Waals surface area contributed by atoms with Crippen LogP contribution in [0, 0.1) is 0 Å². The molecule has 3 N–H and O–H groups in total. The first-order chi connectivity index (χ1) is 9.60. The van der Waals surface area contributed by atoms with Crippen molar-refractivity contribution in [3.63, 3.8) is 0 Å². The lowest BCUT2D eigenvalue weighted by Crippen LogP contribution is -2.17. The second kappa shape index (κ2) is 6.87. The van der Waals surface area contributed by atoms with E-state index < -0.39 is 0 Å². The van der Waals surface area contributed by atoms with Crippen LogP contribution >= 0.6 is 34.4 Å². The molecule has 0 saturated carbocycles. The standard InChI is InChI=1S/C12H14N4OS3/c1-8(17)14-5-9-3-4-11(20-9)10-6-19-12(15-10)16(13)7-18-2/h3-4,6-7H,5,13H2,1-2H3/p+1. The number of thioether (sulfide) groups is 1. The normalized spacial score (nSPS) is 11.6. The van der Waals surface area contributed by atoms with Gasteiger partial charge in [0.1, 0.15) is 0 Å². The van der Waals surface area contributed by atoms with Gasteiger partial charge in [-0.25, -0.2) is 0 Å². The van der Waals surface area contributed by atoms with E-state index in [1.54, 1.807) is 16.9 Å². The van der Waals surface area contributed by atoms with Gasteiger partial charge in [0, 0.05) is 11.8 Å². The molecule has 0 spiro atoms. The maximum absolute atomic E-state index is 10.9. The summed E-state index contributed by atoms with van der Waals surface area (Å²) in [5, 5.41) is 5.52. The van der Waals surface area contributed by atoms with Crippen LogP contribution in [0.5, 0.6) is 0 Å². The van der Waals surface area contributed by atoms with Crippen molar-refractivity contribution in [2.75, 3.05) is 6.26 Å². The number of carbonyl (C=O) groups excluding carboxylic acids is 1. The SMILES string of the molecule is CSC=[N+](N)c1nc(-c2ccc(CNC(C)=O)s2)cs1. The fourth-order valence-electron chi connectivity index (χ4n) is 1.48. The Balaban J connectivity index is 2.12. The van der Waals surface area contributed by atoms with E-state index in [-0.39, 0.29) is 5.91 Å². The second-order valence-corrected chi connectivity index (χ2v) is 6.63. The van der Waals surface area contributed by atoms with Crippen LogP contribution < -0.4 is 11.2 Å². The van der Waals surface area contributed by atoms with E-state index in [4.69, 9.17) is 5.84 Å². The van der Waals surface area contributed by atoms with Gasteiger partial charge in [0.25, 0.3) is 0 Å². The number of aromatic nitrogens is 1. The maximum atomic E-state index is 10.9. The van der Waals surface area contributed by atoms with Crippen molar-refractivity contribution in [3.8, 4) is 10.6 Å². The molecule has 0 saturated heterocycles. The second-order valence-electron chi connectivity index (χ2n) is 3.94. The number of hydrogen-bond acceptors (Lipinski definition) is 6. The molecule has 2 heterocycles. The third kappa shape index (κ3) is 3.81. The smallest absolute Gasteiger partial charge is 0.351 e. The lowest BCUT2D eigenvalue weighted by atomic mass is 10.3. The Morgan fingerprint density at radius 1 is 1.60 bits per heavy atom. The molecule has 0 unspecified atom stereocenters. The summed E-state index contributed by atoms with van der Waals surface area (Å²) in [4.78, 5) is 17.6. The van der Waals surface area contributed by atoms with Crippen molar-refractivity contribution in [2.45, 2.75) is 13.5 Å². The van der Waals surface area contributed by atoms with E-state index in [9.17, 15) is 4.79 Å². The van der Waals surface area contributed by atoms with Crippen molar-refractivity contribution in [3.05, 3.63) is 22.4 Å². The molecule has 8 heteroatoms. The lowest BCUT2D eigenvalue weighted by Gasteiger charge is -1.96. The Bertz CT molecular complexity index is 632. The highest BCUT2D eigenvalue weighted by Gasteiger charge is 2.17. The zero-order chi connectivity index (χ0) is 14.5. The van der Waals surface area contributed by atoms with Crippen LogP contribution in [0.15, 0.2) is 17.5 Å². The van der Waals surface area contributed by atoms with Gasteiger partial charge >= 0.3 is 5.13 Å². The molecule has 0 fully saturated rings. The van der Waals surface area contributed by atoms with Gasteiger partial charge in [0.2, 0.25) is 11.6 Å². The highest BCUT2D eigenvalue weighted by Crippen LogP contribution is 2.31. The minimum absolute atomic E-state index is 0.0257. The number of thiazole rings is 1. The van der Waals surface area contributed by atoms with Crippen LogP contribution in [0.4, 0.5) is 5.13 Å². The molecule has 0 atom stereocenters. The molecule has 0 aliphatic carbocycles. The molecule has 0 aromatic carbocycles. The van der Waals surface area contributed by atoms with Crippen molar-refractivity contribution in [2.24, 2.45) is 5.84 Å². The minimum atomic E-state index is -0.0257. The molecule has 2 aromatic heterocycles. The van der Waals surface area contributed by atoms with E-state index >= 15 is 0 Å². The van der Waals surface area contributed by atoms with Crippen molar-refractivity contribution in [1.29, 1.82) is 0 Å². The fourth-order valence-corrected chi connectivity index (χ4v) is 3.58. The number of nitrogens with one attached hydrogen (secondary N) is 1. The van der Waals surface area contributed by atoms with Crippen LogP contribution in [0.1, 0.15) is 11.8 Å². The summed E-state index contributed by atoms with van der Waals surface area (Å²) in [5.41, 5.74) is 2.72. The molecule has 0 aliphatic heterocycles. The van der Waals surface area contributed by atoms with Crippen molar-refractivity contribution >= 4 is 51.0 Å². The van der Waals surface area contributed by atoms with Gasteiger partial charge in [-0.15, -0.1) is 16.0 Å². The van der Waals surface area contributed by atoms with Crippen LogP contribution in [-0.4, -0.2) is 27.4 Å². The van der Waals surface area contributed by atoms with Gasteiger partial charge in [0.05, 0.1) is 16.8 Å². The highest BCUT2D eigenvalue weighted by molar-refractivity contribution is 8.11. The summed E-state index contributed by atoms with van der Waals surface area (Å²) in [7, 11) is 0. The zero-order valence-electron chi connectivity index (χ0n) is 11.1. The third-order valence-corrected chi connectivity index (χ3v) is 4.76. The van der Waals surface area contributed by atoms with E-state index in [1.807, 2.05) is 23.8 Å². The number of amides is 1. The molecule has 1 amide bonds. The number of nitrogens with zero attached hydrogens (tertiary/aromatic N) is 2. The number of hydrazone groups is 1. The first kappa shape index (κ1) is 15.0. The van der Waals surface area contributed by atoms with Crippen LogP contribution in [0.2, 0.25) is 0 Å². The van der Waals surface area contributed by atoms with E-state index in [0.717, 1.165) is 20.6 Å². The first-order valence-corrected chi connectivity index (χ1v) is 8.77. The molecule has 0 bridgehead atoms. The Morgan fingerprint density at radius 3 is 3.10 bits per heavy atom. The first-order valence-electron chi connectivity index (χ1n) is 5.79. The monoisotopic (exact) mass is 327 g/mol. The summed E-state index contributed by atoms with van der Waals surface area (Å²) in [5.74, 6) is 5.82. The Labute approximate surface area is 129 Å². The number of carbonyl (C=O) groups is 1. The highest BCUT2D eigenvalue weighted by atomic mass is 32.2. The van der Waals surface area contributed by atoms with E-state index in [1.165, 1.54) is 34.7 Å². The van der Waals surface area contributed by atoms with Crippen LogP contribution in [0.3, 0.4) is 0 Å². The predicted octanol–water partition coefficient (Wildman–Crippen LogP) is 2.42. The van der Waals surface area contributed by atoms with Crippen molar-refractivity contribution < 1.29 is 9.48 Å². The number of rotatable bonds is 5. The summed E-state index contributed by atoms with van der Waals surface area (Å²) in [6.45, 7) is 2.07. The number of hydrogen-bond donors (Lipinski definition) is 2. The van der Waals surface area contributed by atoms with Gasteiger partial charge < -0.3 is 5.32 Å². The Morgan fingerprint density at radius 2 is 2.40 bits per heavy atom. The minimum Gasteiger partial charge on any atom is -0.351 e. The quantitative estimate of drug-likeness (QED) is 0.291. The van der Waals surface area contributed by atoms with E-state index in [2.05, 4.69) is 10.3 Å². The molecular formula is C12H15N4OS3+. The number of thiophene rings is 1. The van der Waals surface area contributed by atoms with Gasteiger partial charge in [-0.05, 0) is 34.7 Å². The van der Waals surface area contributed by atoms with Gasteiger partial charge in [-0.1, -0.05) is 11.8 Å².